The third-order valence-electron chi connectivity index (χ3n) is 1.37. The maximum atomic E-state index is 10.2. The minimum atomic E-state index is -1.33. The lowest BCUT2D eigenvalue weighted by Gasteiger charge is -2.22. The Bertz CT molecular complexity index is 189. The van der Waals surface area contributed by atoms with E-state index in [1.54, 1.807) is 0 Å². The van der Waals surface area contributed by atoms with Gasteiger partial charge < -0.3 is 4.74 Å². The Morgan fingerprint density at radius 2 is 1.46 bits per heavy atom. The fraction of sp³-hybridized carbons (Fsp3) is 1.00. The average molecular weight is 194 g/mol. The fourth-order valence-electron chi connectivity index (χ4n) is 0.708. The van der Waals surface area contributed by atoms with E-state index in [4.69, 9.17) is 0 Å². The first-order valence-corrected chi connectivity index (χ1v) is 3.19. The molecular weight excluding hydrogens is 184 g/mol. The van der Waals surface area contributed by atoms with E-state index in [-0.39, 0.29) is 0 Å². The third-order valence-corrected chi connectivity index (χ3v) is 1.37. The molecule has 0 bridgehead atoms. The molecule has 76 valence electrons. The molecule has 0 fully saturated rings. The summed E-state index contributed by atoms with van der Waals surface area (Å²) in [5.74, 6) is 0. The van der Waals surface area contributed by atoms with Crippen LogP contribution in [0.2, 0.25) is 0 Å². The molecule has 9 nitrogen and oxygen atoms in total. The molecule has 0 aromatic heterocycles. The van der Waals surface area contributed by atoms with Crippen molar-refractivity contribution in [2.45, 2.75) is 6.35 Å². The van der Waals surface area contributed by atoms with Crippen LogP contribution in [-0.4, -0.2) is 47.6 Å². The van der Waals surface area contributed by atoms with Crippen LogP contribution in [0.5, 0.6) is 0 Å². The maximum Gasteiger partial charge on any atom is 0.317 e. The Hall–Kier alpha value is -1.64. The number of hydrogen-bond acceptors (Lipinski definition) is 5. The molecular formula is C4H10N4O5. The van der Waals surface area contributed by atoms with Gasteiger partial charge in [-0.2, -0.15) is 0 Å². The first-order valence-electron chi connectivity index (χ1n) is 3.19. The average Bonchev–Trinajstić information content (AvgIpc) is 2.04. The Kier molecular flexibility index (Phi) is 3.85. The van der Waals surface area contributed by atoms with Crippen molar-refractivity contribution in [3.63, 3.8) is 0 Å². The van der Waals surface area contributed by atoms with Crippen LogP contribution in [0.4, 0.5) is 0 Å². The molecule has 0 saturated heterocycles. The van der Waals surface area contributed by atoms with Gasteiger partial charge in [0.25, 0.3) is 0 Å². The van der Waals surface area contributed by atoms with Gasteiger partial charge in [0.15, 0.2) is 10.1 Å². The summed E-state index contributed by atoms with van der Waals surface area (Å²) >= 11 is 0. The van der Waals surface area contributed by atoms with Gasteiger partial charge in [0.05, 0.1) is 14.1 Å². The zero-order valence-electron chi connectivity index (χ0n) is 7.41. The largest absolute Gasteiger partial charge is 0.336 e. The van der Waals surface area contributed by atoms with E-state index in [0.29, 0.717) is 10.0 Å². The summed E-state index contributed by atoms with van der Waals surface area (Å²) in [5.41, 5.74) is 0. The maximum absolute atomic E-state index is 10.2. The quantitative estimate of drug-likeness (QED) is 0.319. The van der Waals surface area contributed by atoms with E-state index in [9.17, 15) is 20.2 Å². The molecule has 0 radical (unpaired) electrons. The summed E-state index contributed by atoms with van der Waals surface area (Å²) in [6.45, 7) is 0. The van der Waals surface area contributed by atoms with Crippen molar-refractivity contribution in [1.82, 2.24) is 10.0 Å². The molecule has 0 heterocycles. The summed E-state index contributed by atoms with van der Waals surface area (Å²) in [7, 11) is 3.30. The second-order valence-electron chi connectivity index (χ2n) is 2.18. The molecule has 13 heavy (non-hydrogen) atoms. The summed E-state index contributed by atoms with van der Waals surface area (Å²) < 4.78 is 4.56. The first kappa shape index (κ1) is 11.4. The van der Waals surface area contributed by atoms with Gasteiger partial charge in [-0.15, -0.1) is 0 Å². The van der Waals surface area contributed by atoms with Gasteiger partial charge in [0.1, 0.15) is 0 Å². The van der Waals surface area contributed by atoms with Crippen LogP contribution < -0.4 is 0 Å². The van der Waals surface area contributed by atoms with Gasteiger partial charge in [-0.05, 0) is 0 Å². The van der Waals surface area contributed by atoms with Crippen LogP contribution in [-0.2, 0) is 4.74 Å². The van der Waals surface area contributed by atoms with Crippen molar-refractivity contribution < 1.29 is 14.8 Å². The zero-order valence-corrected chi connectivity index (χ0v) is 7.41. The highest BCUT2D eigenvalue weighted by molar-refractivity contribution is 4.39. The van der Waals surface area contributed by atoms with Crippen molar-refractivity contribution in [2.24, 2.45) is 0 Å². The number of nitro groups is 2. The minimum absolute atomic E-state index is 0.489. The number of ether oxygens (including phenoxy) is 1. The molecule has 0 aliphatic heterocycles. The van der Waals surface area contributed by atoms with Crippen molar-refractivity contribution in [3.05, 3.63) is 20.2 Å². The van der Waals surface area contributed by atoms with Crippen LogP contribution in [0.1, 0.15) is 0 Å². The predicted molar refractivity (Wildman–Crippen MR) is 40.3 cm³/mol. The van der Waals surface area contributed by atoms with Crippen molar-refractivity contribution in [1.29, 1.82) is 0 Å². The van der Waals surface area contributed by atoms with E-state index in [1.165, 1.54) is 0 Å². The molecule has 0 aromatic rings. The Labute approximate surface area is 73.7 Å². The van der Waals surface area contributed by atoms with E-state index >= 15 is 0 Å². The Balaban J connectivity index is 4.49. The fourth-order valence-corrected chi connectivity index (χ4v) is 0.708. The van der Waals surface area contributed by atoms with Gasteiger partial charge in [-0.1, -0.05) is 10.0 Å². The monoisotopic (exact) mass is 194 g/mol. The molecule has 0 aliphatic carbocycles. The number of hydrazine groups is 2. The normalized spacial score (nSPS) is 9.85. The SMILES string of the molecule is COC(N(C)[N+](=O)[O-])N(C)[N+](=O)[O-]. The van der Waals surface area contributed by atoms with Crippen molar-refractivity contribution >= 4 is 0 Å². The summed E-state index contributed by atoms with van der Waals surface area (Å²) in [4.78, 5) is 20.5. The summed E-state index contributed by atoms with van der Waals surface area (Å²) in [6.07, 6.45) is -1.33. The second-order valence-corrected chi connectivity index (χ2v) is 2.18. The van der Waals surface area contributed by atoms with Crippen LogP contribution in [0.25, 0.3) is 0 Å². The highest BCUT2D eigenvalue weighted by Crippen LogP contribution is 2.02. The third kappa shape index (κ3) is 2.71. The number of methoxy groups -OCH3 is 1. The topological polar surface area (TPSA) is 102 Å². The molecule has 9 heteroatoms. The molecule has 0 unspecified atom stereocenters. The molecule has 0 aromatic carbocycles. The van der Waals surface area contributed by atoms with Gasteiger partial charge in [0, 0.05) is 7.11 Å². The van der Waals surface area contributed by atoms with Crippen LogP contribution in [0, 0.1) is 20.2 Å². The minimum Gasteiger partial charge on any atom is -0.336 e. The molecule has 0 rings (SSSR count). The summed E-state index contributed by atoms with van der Waals surface area (Å²) in [6, 6.07) is 0. The zero-order chi connectivity index (χ0) is 10.6. The molecule has 0 spiro atoms. The molecule has 0 atom stereocenters. The van der Waals surface area contributed by atoms with Crippen LogP contribution in [0.15, 0.2) is 0 Å². The van der Waals surface area contributed by atoms with E-state index < -0.39 is 16.4 Å². The predicted octanol–water partition coefficient (Wildman–Crippen LogP) is -0.837. The van der Waals surface area contributed by atoms with Crippen LogP contribution in [0.3, 0.4) is 0 Å². The Morgan fingerprint density at radius 3 is 1.62 bits per heavy atom. The number of nitrogens with zero attached hydrogens (tertiary/aromatic N) is 4. The highest BCUT2D eigenvalue weighted by Gasteiger charge is 2.32. The molecule has 0 amide bonds. The molecule has 0 saturated carbocycles. The van der Waals surface area contributed by atoms with Gasteiger partial charge in [0.2, 0.25) is 0 Å². The summed E-state index contributed by atoms with van der Waals surface area (Å²) in [5, 5.41) is 19.8. The first-order chi connectivity index (χ1) is 5.91. The lowest BCUT2D eigenvalue weighted by atomic mass is 10.8. The molecule has 0 N–H and O–H groups in total. The number of rotatable bonds is 5. The second kappa shape index (κ2) is 4.40. The van der Waals surface area contributed by atoms with Gasteiger partial charge in [-0.25, -0.2) is 20.2 Å². The van der Waals surface area contributed by atoms with Gasteiger partial charge in [-0.3, -0.25) is 0 Å². The van der Waals surface area contributed by atoms with Gasteiger partial charge >= 0.3 is 6.35 Å². The lowest BCUT2D eigenvalue weighted by Crippen LogP contribution is -2.50. The smallest absolute Gasteiger partial charge is 0.317 e. The highest BCUT2D eigenvalue weighted by atomic mass is 16.7. The van der Waals surface area contributed by atoms with Crippen molar-refractivity contribution in [2.75, 3.05) is 21.2 Å². The van der Waals surface area contributed by atoms with E-state index in [0.717, 1.165) is 21.2 Å². The standard InChI is InChI=1S/C4H10N4O5/c1-5(7(9)10)4(13-3)6(2)8(11)12/h4H,1-3H3. The Morgan fingerprint density at radius 1 is 1.15 bits per heavy atom. The number of hydrogen-bond donors (Lipinski definition) is 0. The van der Waals surface area contributed by atoms with Crippen LogP contribution >= 0.6 is 0 Å². The van der Waals surface area contributed by atoms with E-state index in [1.807, 2.05) is 0 Å². The lowest BCUT2D eigenvalue weighted by molar-refractivity contribution is -0.737. The van der Waals surface area contributed by atoms with E-state index in [2.05, 4.69) is 4.74 Å². The van der Waals surface area contributed by atoms with Crippen molar-refractivity contribution in [3.8, 4) is 0 Å². The molecule has 0 aliphatic rings.